The first kappa shape index (κ1) is 17.9. The van der Waals surface area contributed by atoms with Crippen LogP contribution in [0.5, 0.6) is 11.5 Å². The normalized spacial score (nSPS) is 15.6. The number of piperazine rings is 1. The zero-order valence-corrected chi connectivity index (χ0v) is 14.8. The Morgan fingerprint density at radius 2 is 1.91 bits per heavy atom. The van der Waals surface area contributed by atoms with Crippen LogP contribution in [-0.4, -0.2) is 45.0 Å². The van der Waals surface area contributed by atoms with E-state index in [2.05, 4.69) is 17.1 Å². The monoisotopic (exact) mass is 322 g/mol. The summed E-state index contributed by atoms with van der Waals surface area (Å²) in [6.07, 6.45) is 2.08. The summed E-state index contributed by atoms with van der Waals surface area (Å²) in [5.74, 6) is 1.53. The van der Waals surface area contributed by atoms with Crippen LogP contribution in [0.15, 0.2) is 12.1 Å². The van der Waals surface area contributed by atoms with E-state index in [-0.39, 0.29) is 0 Å². The van der Waals surface area contributed by atoms with Crippen LogP contribution >= 0.6 is 0 Å². The van der Waals surface area contributed by atoms with Crippen LogP contribution in [0.4, 0.5) is 5.69 Å². The molecule has 0 aromatic heterocycles. The molecule has 5 heteroatoms. The second-order valence-corrected chi connectivity index (χ2v) is 6.52. The van der Waals surface area contributed by atoms with Crippen molar-refractivity contribution in [3.63, 3.8) is 0 Å². The summed E-state index contributed by atoms with van der Waals surface area (Å²) < 4.78 is 11.6. The van der Waals surface area contributed by atoms with Crippen LogP contribution < -0.4 is 19.7 Å². The first-order valence-electron chi connectivity index (χ1n) is 8.50. The fourth-order valence-electron chi connectivity index (χ4n) is 2.79. The summed E-state index contributed by atoms with van der Waals surface area (Å²) in [6, 6.07) is 3.94. The molecule has 0 spiro atoms. The summed E-state index contributed by atoms with van der Waals surface area (Å²) in [5.41, 5.74) is 0.828. The molecule has 0 aliphatic carbocycles. The lowest BCUT2D eigenvalue weighted by atomic mass is 9.96. The predicted octanol–water partition coefficient (Wildman–Crippen LogP) is 2.51. The summed E-state index contributed by atoms with van der Waals surface area (Å²) in [7, 11) is 1.67. The van der Waals surface area contributed by atoms with Crippen molar-refractivity contribution in [3.8, 4) is 11.5 Å². The molecule has 1 aliphatic rings. The molecule has 23 heavy (non-hydrogen) atoms. The molecule has 0 atom stereocenters. The van der Waals surface area contributed by atoms with Crippen LogP contribution in [0.1, 0.15) is 39.2 Å². The van der Waals surface area contributed by atoms with Crippen LogP contribution in [0.25, 0.3) is 0 Å². The van der Waals surface area contributed by atoms with Crippen molar-refractivity contribution >= 4 is 5.69 Å². The van der Waals surface area contributed by atoms with Crippen molar-refractivity contribution in [1.29, 1.82) is 0 Å². The average Bonchev–Trinajstić information content (AvgIpc) is 2.54. The Bertz CT molecular complexity index is 506. The molecule has 1 saturated heterocycles. The Kier molecular flexibility index (Phi) is 6.13. The molecule has 1 aromatic rings. The number of nitrogens with one attached hydrogen (secondary N) is 1. The molecular formula is C18H30N2O3. The minimum absolute atomic E-state index is 0.660. The van der Waals surface area contributed by atoms with Crippen molar-refractivity contribution in [2.75, 3.05) is 44.8 Å². The minimum Gasteiger partial charge on any atom is -0.495 e. The second-order valence-electron chi connectivity index (χ2n) is 6.52. The maximum Gasteiger partial charge on any atom is 0.142 e. The third kappa shape index (κ3) is 4.52. The van der Waals surface area contributed by atoms with Gasteiger partial charge in [-0.1, -0.05) is 13.3 Å². The number of anilines is 1. The first-order valence-corrected chi connectivity index (χ1v) is 8.50. The molecule has 2 rings (SSSR count). The fourth-order valence-corrected chi connectivity index (χ4v) is 2.79. The maximum atomic E-state index is 10.5. The molecule has 0 saturated carbocycles. The number of hydrogen-bond donors (Lipinski definition) is 2. The molecule has 1 aromatic carbocycles. The van der Waals surface area contributed by atoms with Gasteiger partial charge in [-0.2, -0.15) is 0 Å². The SMILES string of the molecule is CCCCOc1cc(N2CCNCC2)c(OC)cc1C(C)(C)O. The van der Waals surface area contributed by atoms with Crippen LogP contribution in [0.3, 0.4) is 0 Å². The summed E-state index contributed by atoms with van der Waals surface area (Å²) in [6.45, 7) is 10.1. The first-order chi connectivity index (χ1) is 11.0. The summed E-state index contributed by atoms with van der Waals surface area (Å²) in [4.78, 5) is 2.30. The van der Waals surface area contributed by atoms with Gasteiger partial charge in [0.15, 0.2) is 0 Å². The van der Waals surface area contributed by atoms with Gasteiger partial charge in [0.25, 0.3) is 0 Å². The molecular weight excluding hydrogens is 292 g/mol. The van der Waals surface area contributed by atoms with Crippen LogP contribution in [0.2, 0.25) is 0 Å². The van der Waals surface area contributed by atoms with E-state index >= 15 is 0 Å². The molecule has 1 aliphatic heterocycles. The van der Waals surface area contributed by atoms with Gasteiger partial charge in [-0.25, -0.2) is 0 Å². The van der Waals surface area contributed by atoms with E-state index in [0.717, 1.165) is 61.8 Å². The largest absolute Gasteiger partial charge is 0.495 e. The van der Waals surface area contributed by atoms with Gasteiger partial charge in [0.05, 0.1) is 25.0 Å². The number of benzene rings is 1. The molecule has 5 nitrogen and oxygen atoms in total. The van der Waals surface area contributed by atoms with Gasteiger partial charge < -0.3 is 24.8 Å². The highest BCUT2D eigenvalue weighted by Gasteiger charge is 2.26. The quantitative estimate of drug-likeness (QED) is 0.756. The van der Waals surface area contributed by atoms with Gasteiger partial charge in [0.1, 0.15) is 11.5 Å². The van der Waals surface area contributed by atoms with E-state index in [1.54, 1.807) is 21.0 Å². The lowest BCUT2D eigenvalue weighted by Gasteiger charge is -2.32. The molecule has 0 bridgehead atoms. The van der Waals surface area contributed by atoms with Crippen molar-refractivity contribution in [3.05, 3.63) is 17.7 Å². The van der Waals surface area contributed by atoms with E-state index in [1.807, 2.05) is 12.1 Å². The number of nitrogens with zero attached hydrogens (tertiary/aromatic N) is 1. The van der Waals surface area contributed by atoms with Gasteiger partial charge in [-0.3, -0.25) is 0 Å². The lowest BCUT2D eigenvalue weighted by Crippen LogP contribution is -2.43. The molecule has 0 amide bonds. The summed E-state index contributed by atoms with van der Waals surface area (Å²) >= 11 is 0. The molecule has 130 valence electrons. The van der Waals surface area contributed by atoms with Crippen LogP contribution in [-0.2, 0) is 5.60 Å². The maximum absolute atomic E-state index is 10.5. The molecule has 0 unspecified atom stereocenters. The second kappa shape index (κ2) is 7.88. The average molecular weight is 322 g/mol. The highest BCUT2D eigenvalue weighted by Crippen LogP contribution is 2.40. The van der Waals surface area contributed by atoms with Crippen LogP contribution in [0, 0.1) is 0 Å². The zero-order valence-electron chi connectivity index (χ0n) is 14.8. The number of rotatable bonds is 7. The highest BCUT2D eigenvalue weighted by molar-refractivity contribution is 5.65. The number of aliphatic hydroxyl groups is 1. The number of methoxy groups -OCH3 is 1. The van der Waals surface area contributed by atoms with E-state index in [9.17, 15) is 5.11 Å². The molecule has 1 fully saturated rings. The number of unbranched alkanes of at least 4 members (excludes halogenated alkanes) is 1. The van der Waals surface area contributed by atoms with Crippen molar-refractivity contribution in [1.82, 2.24) is 5.32 Å². The van der Waals surface area contributed by atoms with Gasteiger partial charge >= 0.3 is 0 Å². The van der Waals surface area contributed by atoms with E-state index in [4.69, 9.17) is 9.47 Å². The van der Waals surface area contributed by atoms with E-state index < -0.39 is 5.60 Å². The molecule has 0 radical (unpaired) electrons. The van der Waals surface area contributed by atoms with E-state index in [1.165, 1.54) is 0 Å². The Hall–Kier alpha value is -1.46. The number of ether oxygens (including phenoxy) is 2. The zero-order chi connectivity index (χ0) is 16.9. The van der Waals surface area contributed by atoms with Gasteiger partial charge in [0, 0.05) is 37.8 Å². The lowest BCUT2D eigenvalue weighted by molar-refractivity contribution is 0.0744. The van der Waals surface area contributed by atoms with E-state index in [0.29, 0.717) is 6.61 Å². The Morgan fingerprint density at radius 3 is 2.48 bits per heavy atom. The molecule has 1 heterocycles. The van der Waals surface area contributed by atoms with Crippen molar-refractivity contribution in [2.45, 2.75) is 39.2 Å². The topological polar surface area (TPSA) is 54.0 Å². The fraction of sp³-hybridized carbons (Fsp3) is 0.667. The van der Waals surface area contributed by atoms with Gasteiger partial charge in [-0.15, -0.1) is 0 Å². The number of hydrogen-bond acceptors (Lipinski definition) is 5. The van der Waals surface area contributed by atoms with Gasteiger partial charge in [0.2, 0.25) is 0 Å². The smallest absolute Gasteiger partial charge is 0.142 e. The Morgan fingerprint density at radius 1 is 1.22 bits per heavy atom. The minimum atomic E-state index is -0.975. The Balaban J connectivity index is 2.39. The predicted molar refractivity (Wildman–Crippen MR) is 93.7 cm³/mol. The highest BCUT2D eigenvalue weighted by atomic mass is 16.5. The third-order valence-corrected chi connectivity index (χ3v) is 4.15. The van der Waals surface area contributed by atoms with Gasteiger partial charge in [-0.05, 0) is 26.3 Å². The van der Waals surface area contributed by atoms with Crippen molar-refractivity contribution < 1.29 is 14.6 Å². The third-order valence-electron chi connectivity index (χ3n) is 4.15. The summed E-state index contributed by atoms with van der Waals surface area (Å²) in [5, 5.41) is 13.8. The van der Waals surface area contributed by atoms with Crippen molar-refractivity contribution in [2.24, 2.45) is 0 Å². The standard InChI is InChI=1S/C18H30N2O3/c1-5-6-11-23-16-13-15(20-9-7-19-8-10-20)17(22-4)12-14(16)18(2,3)21/h12-13,19,21H,5-11H2,1-4H3. The Labute approximate surface area is 139 Å². The molecule has 2 N–H and O–H groups in total.